The van der Waals surface area contributed by atoms with Crippen molar-refractivity contribution < 1.29 is 9.21 Å². The smallest absolute Gasteiger partial charge is 0.274 e. The Morgan fingerprint density at radius 2 is 1.97 bits per heavy atom. The molecule has 0 fully saturated rings. The number of anilines is 1. The Hall–Kier alpha value is -4.61. The zero-order valence-corrected chi connectivity index (χ0v) is 17.9. The van der Waals surface area contributed by atoms with Crippen LogP contribution in [0.4, 0.5) is 5.82 Å². The molecule has 1 atom stereocenters. The minimum Gasteiger partial charge on any atom is -0.443 e. The lowest BCUT2D eigenvalue weighted by Gasteiger charge is -2.15. The number of fused-ring (bicyclic) bond motifs is 1. The van der Waals surface area contributed by atoms with Crippen LogP contribution in [0.15, 0.2) is 53.8 Å². The number of oxazole rings is 1. The first-order chi connectivity index (χ1) is 16.0. The Balaban J connectivity index is 1.55. The van der Waals surface area contributed by atoms with Gasteiger partial charge in [-0.2, -0.15) is 15.0 Å². The van der Waals surface area contributed by atoms with Crippen LogP contribution in [0.2, 0.25) is 0 Å². The van der Waals surface area contributed by atoms with E-state index in [9.17, 15) is 4.79 Å². The van der Waals surface area contributed by atoms with Crippen LogP contribution in [0.1, 0.15) is 23.1 Å². The molecule has 166 valence electrons. The number of pyridine rings is 1. The average Bonchev–Trinajstić information content (AvgIpc) is 3.56. The molecule has 5 aromatic rings. The highest BCUT2D eigenvalue weighted by atomic mass is 16.3. The number of hydrogen-bond donors (Lipinski definition) is 2. The molecule has 5 rings (SSSR count). The van der Waals surface area contributed by atoms with Crippen molar-refractivity contribution in [2.45, 2.75) is 26.4 Å². The summed E-state index contributed by atoms with van der Waals surface area (Å²) < 4.78 is 7.37. The number of amides is 1. The summed E-state index contributed by atoms with van der Waals surface area (Å²) in [5, 5.41) is 11.0. The zero-order chi connectivity index (χ0) is 22.9. The average molecular weight is 444 g/mol. The van der Waals surface area contributed by atoms with Crippen molar-refractivity contribution in [3.05, 3.63) is 60.8 Å². The second-order valence-electron chi connectivity index (χ2n) is 7.50. The van der Waals surface area contributed by atoms with Crippen molar-refractivity contribution in [1.82, 2.24) is 44.6 Å². The monoisotopic (exact) mass is 444 g/mol. The third-order valence-electron chi connectivity index (χ3n) is 5.02. The fourth-order valence-corrected chi connectivity index (χ4v) is 3.47. The summed E-state index contributed by atoms with van der Waals surface area (Å²) in [5.74, 6) is -0.245. The molecule has 1 unspecified atom stereocenters. The van der Waals surface area contributed by atoms with Gasteiger partial charge in [-0.1, -0.05) is 0 Å². The number of imidazole rings is 1. The van der Waals surface area contributed by atoms with Crippen molar-refractivity contribution in [2.24, 2.45) is 0 Å². The molecule has 1 amide bonds. The van der Waals surface area contributed by atoms with Crippen LogP contribution in [-0.4, -0.2) is 51.3 Å². The van der Waals surface area contributed by atoms with Gasteiger partial charge < -0.3 is 19.9 Å². The van der Waals surface area contributed by atoms with Gasteiger partial charge in [-0.25, -0.2) is 19.9 Å². The minimum absolute atomic E-state index is 0.00281. The Morgan fingerprint density at radius 3 is 2.73 bits per heavy atom. The zero-order valence-electron chi connectivity index (χ0n) is 17.9. The lowest BCUT2D eigenvalue weighted by Crippen LogP contribution is -2.37. The largest absolute Gasteiger partial charge is 0.443 e. The predicted molar refractivity (Wildman–Crippen MR) is 118 cm³/mol. The lowest BCUT2D eigenvalue weighted by molar-refractivity contribution is 0.0931. The summed E-state index contributed by atoms with van der Waals surface area (Å²) in [6.45, 7) is 4.18. The van der Waals surface area contributed by atoms with Crippen molar-refractivity contribution >= 4 is 17.4 Å². The summed E-state index contributed by atoms with van der Waals surface area (Å²) in [6.07, 6.45) is 9.74. The second kappa shape index (κ2) is 8.15. The Kier molecular flexibility index (Phi) is 5.01. The number of nitrogens with zero attached hydrogens (tertiary/aromatic N) is 8. The van der Waals surface area contributed by atoms with Gasteiger partial charge in [0.05, 0.1) is 25.1 Å². The van der Waals surface area contributed by atoms with Crippen LogP contribution in [0.3, 0.4) is 0 Å². The number of nitrogens with one attached hydrogen (secondary N) is 1. The van der Waals surface area contributed by atoms with Gasteiger partial charge in [-0.3, -0.25) is 4.79 Å². The highest BCUT2D eigenvalue weighted by Gasteiger charge is 2.23. The van der Waals surface area contributed by atoms with Gasteiger partial charge in [0.25, 0.3) is 5.91 Å². The number of nitrogens with two attached hydrogens (primary N) is 1. The number of rotatable bonds is 6. The SMILES string of the molecule is Cc1cnc2ccc(-c3nc(C(=O)NC(C)Cn4nccn4)c(N)nc3-c3ncco3)cn12. The molecule has 0 saturated carbocycles. The molecule has 0 aliphatic rings. The molecule has 5 heterocycles. The topological polar surface area (TPSA) is 155 Å². The maximum Gasteiger partial charge on any atom is 0.274 e. The van der Waals surface area contributed by atoms with Gasteiger partial charge in [0.15, 0.2) is 17.2 Å². The van der Waals surface area contributed by atoms with Gasteiger partial charge in [0.2, 0.25) is 5.89 Å². The van der Waals surface area contributed by atoms with E-state index < -0.39 is 5.91 Å². The Morgan fingerprint density at radius 1 is 1.15 bits per heavy atom. The molecule has 0 saturated heterocycles. The van der Waals surface area contributed by atoms with E-state index in [1.165, 1.54) is 17.3 Å². The van der Waals surface area contributed by atoms with Crippen LogP contribution < -0.4 is 11.1 Å². The summed E-state index contributed by atoms with van der Waals surface area (Å²) >= 11 is 0. The highest BCUT2D eigenvalue weighted by Crippen LogP contribution is 2.30. The van der Waals surface area contributed by atoms with Crippen LogP contribution in [0.5, 0.6) is 0 Å². The van der Waals surface area contributed by atoms with Gasteiger partial charge in [0.1, 0.15) is 17.6 Å². The van der Waals surface area contributed by atoms with Crippen molar-refractivity contribution in [2.75, 3.05) is 5.73 Å². The van der Waals surface area contributed by atoms with Crippen molar-refractivity contribution in [3.8, 4) is 22.8 Å². The third kappa shape index (κ3) is 3.89. The summed E-state index contributed by atoms with van der Waals surface area (Å²) in [7, 11) is 0. The molecule has 0 aliphatic carbocycles. The number of hydrogen-bond acceptors (Lipinski definition) is 9. The van der Waals surface area contributed by atoms with Crippen molar-refractivity contribution in [3.63, 3.8) is 0 Å². The number of carbonyl (C=O) groups excluding carboxylic acids is 1. The molecule has 12 nitrogen and oxygen atoms in total. The molecule has 0 aliphatic heterocycles. The van der Waals surface area contributed by atoms with E-state index in [2.05, 4.69) is 35.5 Å². The van der Waals surface area contributed by atoms with Gasteiger partial charge in [-0.05, 0) is 26.0 Å². The standard InChI is InChI=1S/C21H20N10O2/c1-12(10-31-25-5-6-26-31)27-20(32)18-19(22)29-17(21-23-7-8-33-21)16(28-18)14-3-4-15-24-9-13(2)30(15)11-14/h3-9,11-12H,10H2,1-2H3,(H2,22,29)(H,27,32). The number of aromatic nitrogens is 8. The molecule has 3 N–H and O–H groups in total. The van der Waals surface area contributed by atoms with E-state index in [1.807, 2.05) is 36.6 Å². The first-order valence-electron chi connectivity index (χ1n) is 10.2. The van der Waals surface area contributed by atoms with E-state index >= 15 is 0 Å². The Labute approximate surface area is 187 Å². The summed E-state index contributed by atoms with van der Waals surface area (Å²) in [6, 6.07) is 3.44. The lowest BCUT2D eigenvalue weighted by atomic mass is 10.1. The van der Waals surface area contributed by atoms with Gasteiger partial charge >= 0.3 is 0 Å². The molecule has 12 heteroatoms. The first-order valence-corrected chi connectivity index (χ1v) is 10.2. The van der Waals surface area contributed by atoms with E-state index in [-0.39, 0.29) is 23.4 Å². The molecule has 5 aromatic heterocycles. The molecule has 33 heavy (non-hydrogen) atoms. The third-order valence-corrected chi connectivity index (χ3v) is 5.02. The second-order valence-corrected chi connectivity index (χ2v) is 7.50. The van der Waals surface area contributed by atoms with Crippen LogP contribution >= 0.6 is 0 Å². The number of nitrogen functional groups attached to an aromatic ring is 1. The molecular formula is C21H20N10O2. The highest BCUT2D eigenvalue weighted by molar-refractivity contribution is 5.97. The van der Waals surface area contributed by atoms with E-state index in [1.54, 1.807) is 18.6 Å². The fourth-order valence-electron chi connectivity index (χ4n) is 3.47. The number of carbonyl (C=O) groups is 1. The molecule has 0 spiro atoms. The quantitative estimate of drug-likeness (QED) is 0.398. The first kappa shape index (κ1) is 20.3. The minimum atomic E-state index is -0.459. The van der Waals surface area contributed by atoms with Crippen molar-refractivity contribution in [1.29, 1.82) is 0 Å². The Bertz CT molecular complexity index is 1420. The molecule has 0 radical (unpaired) electrons. The maximum atomic E-state index is 13.0. The van der Waals surface area contributed by atoms with E-state index in [0.29, 0.717) is 23.5 Å². The summed E-state index contributed by atoms with van der Waals surface area (Å²) in [4.78, 5) is 32.1. The van der Waals surface area contributed by atoms with Crippen LogP contribution in [-0.2, 0) is 6.54 Å². The maximum absolute atomic E-state index is 13.0. The van der Waals surface area contributed by atoms with E-state index in [4.69, 9.17) is 10.2 Å². The summed E-state index contributed by atoms with van der Waals surface area (Å²) in [5.41, 5.74) is 9.32. The molecule has 0 aromatic carbocycles. The van der Waals surface area contributed by atoms with Crippen LogP contribution in [0.25, 0.3) is 28.5 Å². The number of aryl methyl sites for hydroxylation is 1. The predicted octanol–water partition coefficient (Wildman–Crippen LogP) is 1.75. The normalized spacial score (nSPS) is 12.2. The van der Waals surface area contributed by atoms with Gasteiger partial charge in [0, 0.05) is 29.7 Å². The van der Waals surface area contributed by atoms with E-state index in [0.717, 1.165) is 11.3 Å². The van der Waals surface area contributed by atoms with Gasteiger partial charge in [-0.15, -0.1) is 0 Å². The molecule has 0 bridgehead atoms. The fraction of sp³-hybridized carbons (Fsp3) is 0.190. The van der Waals surface area contributed by atoms with Crippen LogP contribution in [0, 0.1) is 6.92 Å². The molecular weight excluding hydrogens is 424 g/mol.